The van der Waals surface area contributed by atoms with E-state index in [2.05, 4.69) is 4.98 Å². The molecule has 0 saturated heterocycles. The highest BCUT2D eigenvalue weighted by molar-refractivity contribution is 5.96. The normalized spacial score (nSPS) is 11.7. The van der Waals surface area contributed by atoms with Gasteiger partial charge in [0.1, 0.15) is 12.2 Å². The van der Waals surface area contributed by atoms with Crippen molar-refractivity contribution in [2.45, 2.75) is 33.1 Å². The van der Waals surface area contributed by atoms with Crippen LogP contribution in [0.3, 0.4) is 0 Å². The number of carbonyl (C=O) groups is 1. The van der Waals surface area contributed by atoms with Gasteiger partial charge in [0.25, 0.3) is 5.56 Å². The minimum Gasteiger partial charge on any atom is -0.458 e. The van der Waals surface area contributed by atoms with Crippen molar-refractivity contribution < 1.29 is 18.7 Å². The van der Waals surface area contributed by atoms with E-state index in [1.165, 1.54) is 17.9 Å². The van der Waals surface area contributed by atoms with Gasteiger partial charge in [-0.25, -0.2) is 14.6 Å². The zero-order chi connectivity index (χ0) is 23.0. The second kappa shape index (κ2) is 8.46. The molecule has 10 nitrogen and oxygen atoms in total. The van der Waals surface area contributed by atoms with Gasteiger partial charge in [-0.2, -0.15) is 0 Å². The first-order chi connectivity index (χ1) is 15.3. The van der Waals surface area contributed by atoms with Crippen LogP contribution in [0.2, 0.25) is 0 Å². The van der Waals surface area contributed by atoms with E-state index in [-0.39, 0.29) is 42.8 Å². The van der Waals surface area contributed by atoms with E-state index in [0.717, 1.165) is 9.95 Å². The Labute approximate surface area is 182 Å². The van der Waals surface area contributed by atoms with Gasteiger partial charge in [0.05, 0.1) is 25.6 Å². The summed E-state index contributed by atoms with van der Waals surface area (Å²) in [6.07, 6.45) is 1.43. The van der Waals surface area contributed by atoms with Crippen molar-refractivity contribution in [2.75, 3.05) is 6.61 Å². The Bertz CT molecular complexity index is 1420. The molecule has 0 saturated carbocycles. The molecule has 3 aromatic heterocycles. The number of aromatic nitrogens is 4. The molecule has 32 heavy (non-hydrogen) atoms. The van der Waals surface area contributed by atoms with Gasteiger partial charge in [0.2, 0.25) is 5.76 Å². The molecule has 0 unspecified atom stereocenters. The molecule has 0 spiro atoms. The molecule has 4 rings (SSSR count). The highest BCUT2D eigenvalue weighted by atomic mass is 16.5. The number of aryl methyl sites for hydroxylation is 1. The first-order valence-electron chi connectivity index (χ1n) is 10.2. The smallest absolute Gasteiger partial charge is 0.374 e. The standard InChI is InChI=1S/C22H24N4O6/c1-13(2)31-11-15-14-7-5-6-8-16(14)32-18(15)21(28)30-10-9-26-12-23-19-17(26)20(27)25(4)22(29)24(19)3/h5-8,12-13H,9-11H2,1-4H3. The first kappa shape index (κ1) is 21.6. The Morgan fingerprint density at radius 2 is 1.91 bits per heavy atom. The predicted octanol–water partition coefficient (Wildman–Crippen LogP) is 1.96. The fourth-order valence-corrected chi connectivity index (χ4v) is 3.53. The number of imidazole rings is 1. The lowest BCUT2D eigenvalue weighted by molar-refractivity contribution is 0.0430. The summed E-state index contributed by atoms with van der Waals surface area (Å²) in [5.74, 6) is -0.520. The van der Waals surface area contributed by atoms with Crippen LogP contribution in [0, 0.1) is 0 Å². The topological polar surface area (TPSA) is 110 Å². The quantitative estimate of drug-likeness (QED) is 0.404. The van der Waals surface area contributed by atoms with Gasteiger partial charge in [-0.3, -0.25) is 13.9 Å². The molecule has 168 valence electrons. The third-order valence-electron chi connectivity index (χ3n) is 5.23. The average Bonchev–Trinajstić information content (AvgIpc) is 3.36. The Hall–Kier alpha value is -3.66. The summed E-state index contributed by atoms with van der Waals surface area (Å²) in [4.78, 5) is 41.5. The lowest BCUT2D eigenvalue weighted by atomic mass is 10.1. The molecule has 0 bridgehead atoms. The van der Waals surface area contributed by atoms with Crippen LogP contribution < -0.4 is 11.2 Å². The summed E-state index contributed by atoms with van der Waals surface area (Å²) >= 11 is 0. The highest BCUT2D eigenvalue weighted by Gasteiger charge is 2.22. The molecule has 0 atom stereocenters. The minimum absolute atomic E-state index is 0.0133. The summed E-state index contributed by atoms with van der Waals surface area (Å²) in [6, 6.07) is 7.34. The Kier molecular flexibility index (Phi) is 5.70. The van der Waals surface area contributed by atoms with Crippen molar-refractivity contribution in [1.82, 2.24) is 18.7 Å². The van der Waals surface area contributed by atoms with Crippen LogP contribution in [0.25, 0.3) is 22.1 Å². The van der Waals surface area contributed by atoms with Crippen molar-refractivity contribution in [3.05, 3.63) is 62.8 Å². The van der Waals surface area contributed by atoms with Gasteiger partial charge >= 0.3 is 11.7 Å². The van der Waals surface area contributed by atoms with E-state index in [1.54, 1.807) is 17.7 Å². The van der Waals surface area contributed by atoms with Crippen LogP contribution in [0.1, 0.15) is 30.0 Å². The zero-order valence-electron chi connectivity index (χ0n) is 18.3. The van der Waals surface area contributed by atoms with Gasteiger partial charge in [-0.1, -0.05) is 18.2 Å². The molecule has 3 heterocycles. The Morgan fingerprint density at radius 3 is 2.66 bits per heavy atom. The number of esters is 1. The van der Waals surface area contributed by atoms with Crippen molar-refractivity contribution >= 4 is 28.1 Å². The third kappa shape index (κ3) is 3.73. The number of fused-ring (bicyclic) bond motifs is 2. The van der Waals surface area contributed by atoms with Gasteiger partial charge in [0.15, 0.2) is 11.2 Å². The average molecular weight is 440 g/mol. The van der Waals surface area contributed by atoms with Crippen molar-refractivity contribution in [1.29, 1.82) is 0 Å². The second-order valence-electron chi connectivity index (χ2n) is 7.72. The molecule has 10 heteroatoms. The van der Waals surface area contributed by atoms with Crippen LogP contribution in [0.5, 0.6) is 0 Å². The maximum absolute atomic E-state index is 12.8. The van der Waals surface area contributed by atoms with Gasteiger partial charge in [-0.05, 0) is 19.9 Å². The SMILES string of the molecule is CC(C)OCc1c(C(=O)OCCn2cnc3c2c(=O)n(C)c(=O)n3C)oc2ccccc12. The molecule has 0 aliphatic heterocycles. The van der Waals surface area contributed by atoms with Crippen LogP contribution in [0.15, 0.2) is 44.6 Å². The fraction of sp³-hybridized carbons (Fsp3) is 0.364. The van der Waals surface area contributed by atoms with E-state index < -0.39 is 17.2 Å². The van der Waals surface area contributed by atoms with E-state index in [4.69, 9.17) is 13.9 Å². The number of hydrogen-bond acceptors (Lipinski definition) is 7. The maximum Gasteiger partial charge on any atom is 0.374 e. The number of hydrogen-bond donors (Lipinski definition) is 0. The number of furan rings is 1. The molecular weight excluding hydrogens is 416 g/mol. The van der Waals surface area contributed by atoms with E-state index in [9.17, 15) is 14.4 Å². The summed E-state index contributed by atoms with van der Waals surface area (Å²) < 4.78 is 20.8. The monoisotopic (exact) mass is 440 g/mol. The third-order valence-corrected chi connectivity index (χ3v) is 5.23. The van der Waals surface area contributed by atoms with Crippen LogP contribution in [-0.2, 0) is 36.7 Å². The number of ether oxygens (including phenoxy) is 2. The lowest BCUT2D eigenvalue weighted by Crippen LogP contribution is -2.37. The maximum atomic E-state index is 12.8. The number of nitrogens with zero attached hydrogens (tertiary/aromatic N) is 4. The van der Waals surface area contributed by atoms with Crippen LogP contribution in [-0.4, -0.2) is 37.4 Å². The van der Waals surface area contributed by atoms with E-state index >= 15 is 0 Å². The number of carbonyl (C=O) groups excluding carboxylic acids is 1. The lowest BCUT2D eigenvalue weighted by Gasteiger charge is -2.09. The molecule has 0 radical (unpaired) electrons. The molecule has 0 amide bonds. The number of para-hydroxylation sites is 1. The van der Waals surface area contributed by atoms with Gasteiger partial charge in [0, 0.05) is 25.0 Å². The molecule has 0 aliphatic carbocycles. The second-order valence-corrected chi connectivity index (χ2v) is 7.72. The molecule has 0 aliphatic rings. The molecule has 1 aromatic carbocycles. The summed E-state index contributed by atoms with van der Waals surface area (Å²) in [6.45, 7) is 4.21. The predicted molar refractivity (Wildman–Crippen MR) is 117 cm³/mol. The first-order valence-corrected chi connectivity index (χ1v) is 10.2. The molecule has 0 N–H and O–H groups in total. The summed E-state index contributed by atoms with van der Waals surface area (Å²) in [7, 11) is 2.95. The van der Waals surface area contributed by atoms with Crippen LogP contribution in [0.4, 0.5) is 0 Å². The summed E-state index contributed by atoms with van der Waals surface area (Å²) in [5, 5.41) is 0.796. The summed E-state index contributed by atoms with van der Waals surface area (Å²) in [5.41, 5.74) is 0.829. The van der Waals surface area contributed by atoms with Gasteiger partial charge in [-0.15, -0.1) is 0 Å². The van der Waals surface area contributed by atoms with Crippen molar-refractivity contribution in [2.24, 2.45) is 14.1 Å². The molecular formula is C22H24N4O6. The number of benzene rings is 1. The van der Waals surface area contributed by atoms with E-state index in [0.29, 0.717) is 11.1 Å². The number of rotatable bonds is 7. The Balaban J connectivity index is 1.55. The van der Waals surface area contributed by atoms with Gasteiger partial charge < -0.3 is 18.5 Å². The van der Waals surface area contributed by atoms with Crippen molar-refractivity contribution in [3.8, 4) is 0 Å². The van der Waals surface area contributed by atoms with E-state index in [1.807, 2.05) is 32.0 Å². The largest absolute Gasteiger partial charge is 0.458 e. The highest BCUT2D eigenvalue weighted by Crippen LogP contribution is 2.27. The fourth-order valence-electron chi connectivity index (χ4n) is 3.53. The van der Waals surface area contributed by atoms with Crippen LogP contribution >= 0.6 is 0 Å². The van der Waals surface area contributed by atoms with Crippen molar-refractivity contribution in [3.63, 3.8) is 0 Å². The Morgan fingerprint density at radius 1 is 1.16 bits per heavy atom. The minimum atomic E-state index is -0.617. The molecule has 4 aromatic rings. The zero-order valence-corrected chi connectivity index (χ0v) is 18.3. The molecule has 0 fully saturated rings.